The molecule has 0 radical (unpaired) electrons. The van der Waals surface area contributed by atoms with Crippen molar-refractivity contribution in [3.8, 4) is 11.3 Å². The minimum Gasteiger partial charge on any atom is -0.356 e. The largest absolute Gasteiger partial charge is 0.416 e. The summed E-state index contributed by atoms with van der Waals surface area (Å²) in [6.07, 6.45) is -4.33. The first kappa shape index (κ1) is 12.0. The molecule has 0 bridgehead atoms. The lowest BCUT2D eigenvalue weighted by atomic mass is 10.1. The van der Waals surface area contributed by atoms with E-state index in [0.29, 0.717) is 17.0 Å². The summed E-state index contributed by atoms with van der Waals surface area (Å²) in [4.78, 5) is 0. The summed E-state index contributed by atoms with van der Waals surface area (Å²) in [7, 11) is 0. The number of hydrogen-bond acceptors (Lipinski definition) is 2. The molecular weight excluding hydrogens is 255 g/mol. The van der Waals surface area contributed by atoms with Crippen molar-refractivity contribution in [1.82, 2.24) is 5.16 Å². The predicted octanol–water partition coefficient (Wildman–Crippen LogP) is 4.10. The summed E-state index contributed by atoms with van der Waals surface area (Å²) in [6, 6.07) is 6.26. The van der Waals surface area contributed by atoms with E-state index in [2.05, 4.69) is 5.16 Å². The maximum Gasteiger partial charge on any atom is 0.416 e. The average Bonchev–Trinajstić information content (AvgIpc) is 2.76. The quantitative estimate of drug-likeness (QED) is 0.761. The van der Waals surface area contributed by atoms with Crippen LogP contribution in [0.1, 0.15) is 11.3 Å². The van der Waals surface area contributed by atoms with Crippen LogP contribution in [0.2, 0.25) is 0 Å². The number of alkyl halides is 4. The molecule has 0 aliphatic heterocycles. The van der Waals surface area contributed by atoms with Crippen molar-refractivity contribution in [2.24, 2.45) is 0 Å². The number of aromatic nitrogens is 1. The van der Waals surface area contributed by atoms with Crippen LogP contribution in [-0.2, 0) is 12.1 Å². The normalized spacial score (nSPS) is 11.8. The van der Waals surface area contributed by atoms with E-state index in [1.54, 1.807) is 6.07 Å². The van der Waals surface area contributed by atoms with Gasteiger partial charge < -0.3 is 4.52 Å². The summed E-state index contributed by atoms with van der Waals surface area (Å²) >= 11 is 5.54. The van der Waals surface area contributed by atoms with Gasteiger partial charge in [0, 0.05) is 11.6 Å². The molecule has 6 heteroatoms. The Labute approximate surface area is 100.0 Å². The van der Waals surface area contributed by atoms with Crippen molar-refractivity contribution in [2.75, 3.05) is 0 Å². The highest BCUT2D eigenvalue weighted by Gasteiger charge is 2.30. The maximum atomic E-state index is 12.3. The highest BCUT2D eigenvalue weighted by Crippen LogP contribution is 2.31. The highest BCUT2D eigenvalue weighted by molar-refractivity contribution is 6.16. The van der Waals surface area contributed by atoms with Crippen molar-refractivity contribution >= 4 is 11.6 Å². The molecule has 2 rings (SSSR count). The van der Waals surface area contributed by atoms with Crippen molar-refractivity contribution in [2.45, 2.75) is 12.1 Å². The predicted molar refractivity (Wildman–Crippen MR) is 56.5 cm³/mol. The molecule has 0 atom stereocenters. The molecular formula is C11H7ClF3NO. The second-order valence-electron chi connectivity index (χ2n) is 3.39. The summed E-state index contributed by atoms with van der Waals surface area (Å²) < 4.78 is 41.9. The maximum absolute atomic E-state index is 12.3. The van der Waals surface area contributed by atoms with Gasteiger partial charge in [0.15, 0.2) is 5.76 Å². The Balaban J connectivity index is 2.29. The fourth-order valence-corrected chi connectivity index (χ4v) is 1.46. The lowest BCUT2D eigenvalue weighted by molar-refractivity contribution is -0.137. The first-order chi connectivity index (χ1) is 8.00. The van der Waals surface area contributed by atoms with E-state index in [1.807, 2.05) is 0 Å². The standard InChI is InChI=1S/C11H7ClF3NO/c12-6-9-5-10(17-16-9)7-1-3-8(4-2-7)11(13,14)15/h1-5H,6H2. The number of benzene rings is 1. The Morgan fingerprint density at radius 3 is 2.29 bits per heavy atom. The van der Waals surface area contributed by atoms with Crippen molar-refractivity contribution < 1.29 is 17.7 Å². The molecule has 17 heavy (non-hydrogen) atoms. The van der Waals surface area contributed by atoms with E-state index in [-0.39, 0.29) is 5.88 Å². The fraction of sp³-hybridized carbons (Fsp3) is 0.182. The lowest BCUT2D eigenvalue weighted by Crippen LogP contribution is -2.03. The third kappa shape index (κ3) is 2.61. The summed E-state index contributed by atoms with van der Waals surface area (Å²) in [5, 5.41) is 3.65. The third-order valence-corrected chi connectivity index (χ3v) is 2.47. The SMILES string of the molecule is FC(F)(F)c1ccc(-c2cc(CCl)no2)cc1. The molecule has 0 amide bonds. The van der Waals surface area contributed by atoms with Crippen molar-refractivity contribution in [3.63, 3.8) is 0 Å². The molecule has 0 saturated carbocycles. The van der Waals surface area contributed by atoms with E-state index in [0.717, 1.165) is 12.1 Å². The van der Waals surface area contributed by atoms with Crippen LogP contribution in [0.4, 0.5) is 13.2 Å². The number of nitrogens with zero attached hydrogens (tertiary/aromatic N) is 1. The van der Waals surface area contributed by atoms with Crippen LogP contribution in [0.25, 0.3) is 11.3 Å². The zero-order valence-corrected chi connectivity index (χ0v) is 9.22. The molecule has 0 fully saturated rings. The molecule has 0 aliphatic rings. The zero-order valence-electron chi connectivity index (χ0n) is 8.46. The van der Waals surface area contributed by atoms with E-state index < -0.39 is 11.7 Å². The van der Waals surface area contributed by atoms with Crippen LogP contribution in [0.15, 0.2) is 34.9 Å². The Kier molecular flexibility index (Phi) is 3.11. The molecule has 2 nitrogen and oxygen atoms in total. The van der Waals surface area contributed by atoms with Gasteiger partial charge in [0.25, 0.3) is 0 Å². The Morgan fingerprint density at radius 1 is 1.18 bits per heavy atom. The molecule has 0 N–H and O–H groups in total. The summed E-state index contributed by atoms with van der Waals surface area (Å²) in [5.41, 5.74) is 0.377. The van der Waals surface area contributed by atoms with E-state index in [4.69, 9.17) is 16.1 Å². The summed E-state index contributed by atoms with van der Waals surface area (Å²) in [6.45, 7) is 0. The molecule has 0 unspecified atom stereocenters. The van der Waals surface area contributed by atoms with Crippen molar-refractivity contribution in [3.05, 3.63) is 41.6 Å². The van der Waals surface area contributed by atoms with Gasteiger partial charge in [-0.2, -0.15) is 13.2 Å². The summed E-state index contributed by atoms with van der Waals surface area (Å²) in [5.74, 6) is 0.596. The number of hydrogen-bond donors (Lipinski definition) is 0. The average molecular weight is 262 g/mol. The van der Waals surface area contributed by atoms with Gasteiger partial charge in [-0.1, -0.05) is 17.3 Å². The van der Waals surface area contributed by atoms with Crippen LogP contribution < -0.4 is 0 Å². The molecule has 1 aromatic heterocycles. The van der Waals surface area contributed by atoms with Gasteiger partial charge in [0.1, 0.15) is 0 Å². The van der Waals surface area contributed by atoms with Crippen LogP contribution >= 0.6 is 11.6 Å². The van der Waals surface area contributed by atoms with Gasteiger partial charge in [0.05, 0.1) is 17.1 Å². The smallest absolute Gasteiger partial charge is 0.356 e. The van der Waals surface area contributed by atoms with Crippen LogP contribution in [-0.4, -0.2) is 5.16 Å². The first-order valence-corrected chi connectivity index (χ1v) is 5.23. The topological polar surface area (TPSA) is 26.0 Å². The number of halogens is 4. The molecule has 0 aliphatic carbocycles. The minimum atomic E-state index is -4.33. The number of rotatable bonds is 2. The Morgan fingerprint density at radius 2 is 1.82 bits per heavy atom. The van der Waals surface area contributed by atoms with Crippen LogP contribution in [0, 0.1) is 0 Å². The van der Waals surface area contributed by atoms with Gasteiger partial charge in [-0.3, -0.25) is 0 Å². The van der Waals surface area contributed by atoms with E-state index in [9.17, 15) is 13.2 Å². The van der Waals surface area contributed by atoms with Gasteiger partial charge in [0.2, 0.25) is 0 Å². The second kappa shape index (κ2) is 4.41. The molecule has 2 aromatic rings. The zero-order chi connectivity index (χ0) is 12.5. The third-order valence-electron chi connectivity index (χ3n) is 2.19. The lowest BCUT2D eigenvalue weighted by Gasteiger charge is -2.06. The van der Waals surface area contributed by atoms with E-state index in [1.165, 1.54) is 12.1 Å². The molecule has 0 spiro atoms. The van der Waals surface area contributed by atoms with Gasteiger partial charge in [-0.25, -0.2) is 0 Å². The molecule has 1 heterocycles. The monoisotopic (exact) mass is 261 g/mol. The molecule has 90 valence electrons. The van der Waals surface area contributed by atoms with Gasteiger partial charge in [-0.15, -0.1) is 11.6 Å². The van der Waals surface area contributed by atoms with Gasteiger partial charge in [-0.05, 0) is 12.1 Å². The van der Waals surface area contributed by atoms with Crippen molar-refractivity contribution in [1.29, 1.82) is 0 Å². The van der Waals surface area contributed by atoms with Crippen LogP contribution in [0.5, 0.6) is 0 Å². The Bertz CT molecular complexity index is 504. The van der Waals surface area contributed by atoms with Crippen LogP contribution in [0.3, 0.4) is 0 Å². The Hall–Kier alpha value is -1.49. The van der Waals surface area contributed by atoms with E-state index >= 15 is 0 Å². The fourth-order valence-electron chi connectivity index (χ4n) is 1.33. The minimum absolute atomic E-state index is 0.199. The first-order valence-electron chi connectivity index (χ1n) is 4.70. The highest BCUT2D eigenvalue weighted by atomic mass is 35.5. The molecule has 0 saturated heterocycles. The van der Waals surface area contributed by atoms with Gasteiger partial charge >= 0.3 is 6.18 Å². The second-order valence-corrected chi connectivity index (χ2v) is 3.66. The molecule has 1 aromatic carbocycles.